The van der Waals surface area contributed by atoms with Gasteiger partial charge in [0.1, 0.15) is 17.3 Å². The number of carbonyl (C=O) groups excluding carboxylic acids is 2. The number of para-hydroxylation sites is 2. The summed E-state index contributed by atoms with van der Waals surface area (Å²) in [7, 11) is -4.19. The molecule has 0 spiro atoms. The molecule has 0 saturated carbocycles. The monoisotopic (exact) mass is 576 g/mol. The van der Waals surface area contributed by atoms with Crippen molar-refractivity contribution < 1.29 is 27.5 Å². The van der Waals surface area contributed by atoms with Crippen molar-refractivity contribution in [2.75, 3.05) is 29.4 Å². The number of carbonyl (C=O) groups is 2. The first-order valence-corrected chi connectivity index (χ1v) is 15.0. The molecule has 11 heteroatoms. The minimum atomic E-state index is -4.19. The van der Waals surface area contributed by atoms with E-state index in [9.17, 15) is 18.0 Å². The van der Waals surface area contributed by atoms with Gasteiger partial charge in [-0.15, -0.1) is 11.3 Å². The highest BCUT2D eigenvalue weighted by molar-refractivity contribution is 7.92. The maximum atomic E-state index is 13.8. The summed E-state index contributed by atoms with van der Waals surface area (Å²) in [6.45, 7) is 3.49. The van der Waals surface area contributed by atoms with E-state index in [-0.39, 0.29) is 17.2 Å². The van der Waals surface area contributed by atoms with E-state index in [1.165, 1.54) is 35.6 Å². The molecule has 202 valence electrons. The summed E-state index contributed by atoms with van der Waals surface area (Å²) in [5.41, 5.74) is 1.49. The number of hydrogen-bond acceptors (Lipinski definition) is 7. The zero-order valence-corrected chi connectivity index (χ0v) is 23.5. The number of amides is 1. The molecular formula is C27H29ClN2O6S2. The van der Waals surface area contributed by atoms with E-state index in [0.717, 1.165) is 40.4 Å². The Labute approximate surface area is 231 Å². The molecule has 1 aromatic heterocycles. The number of hydrogen-bond donors (Lipinski definition) is 1. The number of aryl methyl sites for hydroxylation is 1. The number of anilines is 2. The van der Waals surface area contributed by atoms with Crippen molar-refractivity contribution in [3.8, 4) is 5.75 Å². The van der Waals surface area contributed by atoms with Crippen molar-refractivity contribution in [2.45, 2.75) is 44.4 Å². The van der Waals surface area contributed by atoms with Crippen LogP contribution in [-0.4, -0.2) is 40.1 Å². The number of esters is 1. The topological polar surface area (TPSA) is 102 Å². The molecule has 0 aliphatic heterocycles. The largest absolute Gasteiger partial charge is 0.492 e. The molecule has 1 aliphatic carbocycles. The fraction of sp³-hybridized carbons (Fsp3) is 0.333. The number of rotatable bonds is 10. The van der Waals surface area contributed by atoms with Crippen molar-refractivity contribution in [3.05, 3.63) is 69.6 Å². The highest BCUT2D eigenvalue weighted by Crippen LogP contribution is 2.39. The van der Waals surface area contributed by atoms with Crippen LogP contribution >= 0.6 is 22.9 Å². The Morgan fingerprint density at radius 3 is 2.45 bits per heavy atom. The molecule has 1 aliphatic rings. The van der Waals surface area contributed by atoms with Gasteiger partial charge in [-0.2, -0.15) is 0 Å². The van der Waals surface area contributed by atoms with Gasteiger partial charge in [0.25, 0.3) is 10.0 Å². The van der Waals surface area contributed by atoms with E-state index in [2.05, 4.69) is 5.32 Å². The van der Waals surface area contributed by atoms with Crippen molar-refractivity contribution in [1.82, 2.24) is 0 Å². The van der Waals surface area contributed by atoms with Crippen LogP contribution < -0.4 is 14.4 Å². The van der Waals surface area contributed by atoms with Gasteiger partial charge in [0.05, 0.1) is 29.4 Å². The van der Waals surface area contributed by atoms with Crippen LogP contribution in [-0.2, 0) is 32.4 Å². The summed E-state index contributed by atoms with van der Waals surface area (Å²) in [6, 6.07) is 12.4. The van der Waals surface area contributed by atoms with Crippen LogP contribution in [0.3, 0.4) is 0 Å². The molecule has 0 fully saturated rings. The minimum absolute atomic E-state index is 0.0280. The molecule has 4 rings (SSSR count). The van der Waals surface area contributed by atoms with Gasteiger partial charge in [-0.05, 0) is 81.5 Å². The SMILES string of the molecule is CCOC(=O)c1c(NC(=O)CN(c2ccccc2OCC)S(=O)(=O)c2ccc(Cl)cc2)sc2c1CCCC2. The van der Waals surface area contributed by atoms with Gasteiger partial charge in [0.2, 0.25) is 5.91 Å². The lowest BCUT2D eigenvalue weighted by Crippen LogP contribution is -2.38. The summed E-state index contributed by atoms with van der Waals surface area (Å²) in [5.74, 6) is -0.772. The molecule has 0 saturated heterocycles. The number of sulfonamides is 1. The minimum Gasteiger partial charge on any atom is -0.492 e. The summed E-state index contributed by atoms with van der Waals surface area (Å²) < 4.78 is 39.5. The Bertz CT molecular complexity index is 1420. The van der Waals surface area contributed by atoms with Crippen LogP contribution in [0, 0.1) is 0 Å². The molecule has 1 N–H and O–H groups in total. The van der Waals surface area contributed by atoms with E-state index < -0.39 is 28.4 Å². The van der Waals surface area contributed by atoms with Crippen LogP contribution in [0.2, 0.25) is 5.02 Å². The normalized spacial score (nSPS) is 12.9. The Morgan fingerprint density at radius 2 is 1.74 bits per heavy atom. The number of ether oxygens (including phenoxy) is 2. The van der Waals surface area contributed by atoms with Crippen molar-refractivity contribution in [3.63, 3.8) is 0 Å². The summed E-state index contributed by atoms with van der Waals surface area (Å²) in [5, 5.41) is 3.56. The number of benzene rings is 2. The first-order valence-electron chi connectivity index (χ1n) is 12.4. The van der Waals surface area contributed by atoms with Gasteiger partial charge in [-0.25, -0.2) is 13.2 Å². The second kappa shape index (κ2) is 12.2. The molecule has 0 bridgehead atoms. The van der Waals surface area contributed by atoms with Crippen LogP contribution in [0.5, 0.6) is 5.75 Å². The molecule has 2 aromatic carbocycles. The molecule has 8 nitrogen and oxygen atoms in total. The van der Waals surface area contributed by atoms with Gasteiger partial charge in [0.15, 0.2) is 0 Å². The molecule has 1 amide bonds. The number of fused-ring (bicyclic) bond motifs is 1. The lowest BCUT2D eigenvalue weighted by atomic mass is 9.95. The van der Waals surface area contributed by atoms with E-state index in [1.54, 1.807) is 38.1 Å². The molecule has 38 heavy (non-hydrogen) atoms. The van der Waals surface area contributed by atoms with Crippen LogP contribution in [0.15, 0.2) is 53.4 Å². The van der Waals surface area contributed by atoms with E-state index in [1.807, 2.05) is 0 Å². The van der Waals surface area contributed by atoms with Gasteiger partial charge in [-0.3, -0.25) is 9.10 Å². The fourth-order valence-electron chi connectivity index (χ4n) is 4.34. The predicted molar refractivity (Wildman–Crippen MR) is 149 cm³/mol. The lowest BCUT2D eigenvalue weighted by Gasteiger charge is -2.26. The second-order valence-corrected chi connectivity index (χ2v) is 12.0. The third-order valence-electron chi connectivity index (χ3n) is 6.03. The molecular weight excluding hydrogens is 548 g/mol. The highest BCUT2D eigenvalue weighted by atomic mass is 35.5. The Hall–Kier alpha value is -3.08. The number of thiophene rings is 1. The Balaban J connectivity index is 1.71. The van der Waals surface area contributed by atoms with Gasteiger partial charge in [-0.1, -0.05) is 23.7 Å². The van der Waals surface area contributed by atoms with Crippen LogP contribution in [0.25, 0.3) is 0 Å². The molecule has 0 radical (unpaired) electrons. The van der Waals surface area contributed by atoms with Crippen molar-refractivity contribution in [2.24, 2.45) is 0 Å². The average Bonchev–Trinajstić information content (AvgIpc) is 3.26. The maximum absolute atomic E-state index is 13.8. The molecule has 1 heterocycles. The van der Waals surface area contributed by atoms with Crippen LogP contribution in [0.1, 0.15) is 47.5 Å². The number of halogens is 1. The average molecular weight is 577 g/mol. The Morgan fingerprint density at radius 1 is 1.03 bits per heavy atom. The van der Waals surface area contributed by atoms with Gasteiger partial charge in [0, 0.05) is 9.90 Å². The zero-order valence-electron chi connectivity index (χ0n) is 21.2. The third-order valence-corrected chi connectivity index (χ3v) is 9.26. The first kappa shape index (κ1) is 27.9. The predicted octanol–water partition coefficient (Wildman–Crippen LogP) is 5.69. The molecule has 0 unspecified atom stereocenters. The highest BCUT2D eigenvalue weighted by Gasteiger charge is 2.31. The number of nitrogens with zero attached hydrogens (tertiary/aromatic N) is 1. The Kier molecular flexibility index (Phi) is 8.96. The molecule has 3 aromatic rings. The van der Waals surface area contributed by atoms with Gasteiger partial charge >= 0.3 is 5.97 Å². The zero-order chi connectivity index (χ0) is 27.3. The summed E-state index contributed by atoms with van der Waals surface area (Å²) in [6.07, 6.45) is 3.51. The van der Waals surface area contributed by atoms with E-state index in [4.69, 9.17) is 21.1 Å². The van der Waals surface area contributed by atoms with Crippen molar-refractivity contribution in [1.29, 1.82) is 0 Å². The summed E-state index contributed by atoms with van der Waals surface area (Å²) in [4.78, 5) is 27.2. The summed E-state index contributed by atoms with van der Waals surface area (Å²) >= 11 is 7.32. The maximum Gasteiger partial charge on any atom is 0.341 e. The quantitative estimate of drug-likeness (QED) is 0.311. The first-order chi connectivity index (χ1) is 18.3. The molecule has 0 atom stereocenters. The standard InChI is InChI=1S/C27H29ClN2O6S2/c1-3-35-22-11-7-6-10-21(22)30(38(33,34)19-15-13-18(28)14-16-19)17-24(31)29-26-25(27(32)36-4-2)20-9-5-8-12-23(20)37-26/h6-7,10-11,13-16H,3-5,8-9,12,17H2,1-2H3,(H,29,31). The smallest absolute Gasteiger partial charge is 0.341 e. The number of nitrogens with one attached hydrogen (secondary N) is 1. The van der Waals surface area contributed by atoms with Gasteiger partial charge < -0.3 is 14.8 Å². The van der Waals surface area contributed by atoms with E-state index >= 15 is 0 Å². The van der Waals surface area contributed by atoms with Crippen molar-refractivity contribution >= 4 is 55.5 Å². The second-order valence-electron chi connectivity index (χ2n) is 8.55. The third kappa shape index (κ3) is 5.98. The van der Waals surface area contributed by atoms with E-state index in [0.29, 0.717) is 27.9 Å². The van der Waals surface area contributed by atoms with Crippen LogP contribution in [0.4, 0.5) is 10.7 Å². The fourth-order valence-corrected chi connectivity index (χ4v) is 7.19. The lowest BCUT2D eigenvalue weighted by molar-refractivity contribution is -0.114.